The van der Waals surface area contributed by atoms with E-state index in [1.54, 1.807) is 12.1 Å². The van der Waals surface area contributed by atoms with Gasteiger partial charge in [-0.3, -0.25) is 4.79 Å². The molecule has 0 fully saturated rings. The molecule has 0 aliphatic rings. The van der Waals surface area contributed by atoms with E-state index in [-0.39, 0.29) is 5.91 Å². The van der Waals surface area contributed by atoms with Crippen LogP contribution in [0.1, 0.15) is 22.3 Å². The highest BCUT2D eigenvalue weighted by Gasteiger charge is 2.05. The van der Waals surface area contributed by atoms with Crippen molar-refractivity contribution in [3.8, 4) is 5.75 Å². The van der Waals surface area contributed by atoms with Crippen LogP contribution in [0.15, 0.2) is 84.9 Å². The Morgan fingerprint density at radius 3 is 2.15 bits per heavy atom. The number of carbonyl (C=O) groups is 1. The maximum Gasteiger partial charge on any atom is 0.251 e. The Labute approximate surface area is 160 Å². The quantitative estimate of drug-likeness (QED) is 0.553. The van der Waals surface area contributed by atoms with Crippen LogP contribution >= 0.6 is 0 Å². The van der Waals surface area contributed by atoms with Gasteiger partial charge in [0.05, 0.1) is 0 Å². The molecular weight excluding hydrogens is 336 g/mol. The molecule has 0 heterocycles. The average molecular weight is 360 g/mol. The highest BCUT2D eigenvalue weighted by Crippen LogP contribution is 2.14. The van der Waals surface area contributed by atoms with Crippen molar-refractivity contribution in [2.24, 2.45) is 0 Å². The number of nitrogens with one attached hydrogen (secondary N) is 2. The molecule has 0 saturated carbocycles. The summed E-state index contributed by atoms with van der Waals surface area (Å²) in [5, 5.41) is 6.27. The maximum atomic E-state index is 12.2. The zero-order valence-electron chi connectivity index (χ0n) is 15.2. The smallest absolute Gasteiger partial charge is 0.251 e. The zero-order chi connectivity index (χ0) is 18.7. The third-order valence-electron chi connectivity index (χ3n) is 4.11. The van der Waals surface area contributed by atoms with E-state index in [4.69, 9.17) is 4.74 Å². The lowest BCUT2D eigenvalue weighted by molar-refractivity contribution is 0.0953. The molecule has 27 heavy (non-hydrogen) atoms. The number of hydrogen-bond donors (Lipinski definition) is 2. The third kappa shape index (κ3) is 6.19. The lowest BCUT2D eigenvalue weighted by Crippen LogP contribution is -2.25. The first kappa shape index (κ1) is 18.5. The minimum Gasteiger partial charge on any atom is -0.489 e. The fraction of sp³-hybridized carbons (Fsp3) is 0.174. The number of rotatable bonds is 9. The van der Waals surface area contributed by atoms with E-state index in [9.17, 15) is 4.79 Å². The first-order chi connectivity index (χ1) is 13.3. The number of ether oxygens (including phenoxy) is 1. The molecule has 0 aromatic heterocycles. The highest BCUT2D eigenvalue weighted by molar-refractivity contribution is 5.94. The van der Waals surface area contributed by atoms with Gasteiger partial charge in [-0.1, -0.05) is 48.5 Å². The fourth-order valence-corrected chi connectivity index (χ4v) is 2.62. The zero-order valence-corrected chi connectivity index (χ0v) is 15.2. The van der Waals surface area contributed by atoms with Gasteiger partial charge in [-0.05, 0) is 48.4 Å². The molecule has 3 aromatic rings. The van der Waals surface area contributed by atoms with Crippen molar-refractivity contribution in [2.75, 3.05) is 18.4 Å². The van der Waals surface area contributed by atoms with Crippen LogP contribution in [0.2, 0.25) is 0 Å². The minimum atomic E-state index is -0.0654. The van der Waals surface area contributed by atoms with E-state index >= 15 is 0 Å². The molecule has 4 heteroatoms. The van der Waals surface area contributed by atoms with Crippen molar-refractivity contribution in [3.63, 3.8) is 0 Å². The molecule has 2 N–H and O–H groups in total. The number of hydrogen-bond acceptors (Lipinski definition) is 3. The molecule has 0 unspecified atom stereocenters. The minimum absolute atomic E-state index is 0.0654. The van der Waals surface area contributed by atoms with Crippen molar-refractivity contribution < 1.29 is 9.53 Å². The summed E-state index contributed by atoms with van der Waals surface area (Å²) in [5.74, 6) is 0.687. The maximum absolute atomic E-state index is 12.2. The molecule has 0 atom stereocenters. The van der Waals surface area contributed by atoms with Crippen LogP contribution in [-0.2, 0) is 6.61 Å². The number of carbonyl (C=O) groups excluding carboxylic acids is 1. The van der Waals surface area contributed by atoms with Crippen LogP contribution in [0.5, 0.6) is 5.75 Å². The second-order valence-corrected chi connectivity index (χ2v) is 6.20. The molecule has 0 aliphatic heterocycles. The van der Waals surface area contributed by atoms with Gasteiger partial charge in [0.25, 0.3) is 5.91 Å². The topological polar surface area (TPSA) is 50.4 Å². The highest BCUT2D eigenvalue weighted by atomic mass is 16.5. The molecule has 4 nitrogen and oxygen atoms in total. The summed E-state index contributed by atoms with van der Waals surface area (Å²) in [6.07, 6.45) is 0.860. The Kier molecular flexibility index (Phi) is 6.87. The Morgan fingerprint density at radius 1 is 0.778 bits per heavy atom. The number of amides is 1. The van der Waals surface area contributed by atoms with E-state index in [0.29, 0.717) is 18.7 Å². The first-order valence-electron chi connectivity index (χ1n) is 9.15. The van der Waals surface area contributed by atoms with Gasteiger partial charge in [0.2, 0.25) is 0 Å². The van der Waals surface area contributed by atoms with Crippen LogP contribution in [0.4, 0.5) is 5.69 Å². The second-order valence-electron chi connectivity index (χ2n) is 6.20. The average Bonchev–Trinajstić information content (AvgIpc) is 2.74. The van der Waals surface area contributed by atoms with E-state index < -0.39 is 0 Å². The molecule has 0 spiro atoms. The Balaban J connectivity index is 1.37. The lowest BCUT2D eigenvalue weighted by Gasteiger charge is -2.09. The Morgan fingerprint density at radius 2 is 1.44 bits per heavy atom. The summed E-state index contributed by atoms with van der Waals surface area (Å²) < 4.78 is 5.74. The van der Waals surface area contributed by atoms with Gasteiger partial charge >= 0.3 is 0 Å². The predicted molar refractivity (Wildman–Crippen MR) is 109 cm³/mol. The fourth-order valence-electron chi connectivity index (χ4n) is 2.62. The second kappa shape index (κ2) is 10.0. The summed E-state index contributed by atoms with van der Waals surface area (Å²) in [5.41, 5.74) is 2.84. The standard InChI is InChI=1S/C23H24N2O2/c26-23(25-17-7-16-24-21-10-5-2-6-11-21)20-12-14-22(15-13-20)27-18-19-8-3-1-4-9-19/h1-6,8-15,24H,7,16-18H2,(H,25,26). The van der Waals surface area contributed by atoms with Crippen molar-refractivity contribution in [3.05, 3.63) is 96.1 Å². The van der Waals surface area contributed by atoms with Gasteiger partial charge in [-0.15, -0.1) is 0 Å². The van der Waals surface area contributed by atoms with Crippen molar-refractivity contribution >= 4 is 11.6 Å². The summed E-state index contributed by atoms with van der Waals surface area (Å²) in [7, 11) is 0. The van der Waals surface area contributed by atoms with Crippen molar-refractivity contribution in [2.45, 2.75) is 13.0 Å². The SMILES string of the molecule is O=C(NCCCNc1ccccc1)c1ccc(OCc2ccccc2)cc1. The Bertz CT molecular complexity index is 818. The van der Waals surface area contributed by atoms with E-state index in [2.05, 4.69) is 10.6 Å². The van der Waals surface area contributed by atoms with E-state index in [0.717, 1.165) is 30.0 Å². The summed E-state index contributed by atoms with van der Waals surface area (Å²) in [6.45, 7) is 1.96. The molecule has 3 aromatic carbocycles. The summed E-state index contributed by atoms with van der Waals surface area (Å²) in [4.78, 5) is 12.2. The van der Waals surface area contributed by atoms with E-state index in [1.807, 2.05) is 72.8 Å². The monoisotopic (exact) mass is 360 g/mol. The number of benzene rings is 3. The van der Waals surface area contributed by atoms with Crippen LogP contribution < -0.4 is 15.4 Å². The number of para-hydroxylation sites is 1. The molecule has 0 aliphatic carbocycles. The van der Waals surface area contributed by atoms with Gasteiger partial charge in [-0.2, -0.15) is 0 Å². The van der Waals surface area contributed by atoms with Crippen LogP contribution in [0.3, 0.4) is 0 Å². The van der Waals surface area contributed by atoms with Crippen LogP contribution in [0, 0.1) is 0 Å². The molecular formula is C23H24N2O2. The third-order valence-corrected chi connectivity index (χ3v) is 4.11. The largest absolute Gasteiger partial charge is 0.489 e. The molecule has 3 rings (SSSR count). The predicted octanol–water partition coefficient (Wildman–Crippen LogP) is 4.50. The number of anilines is 1. The molecule has 0 saturated heterocycles. The summed E-state index contributed by atoms with van der Waals surface area (Å²) >= 11 is 0. The van der Waals surface area contributed by atoms with Gasteiger partial charge in [-0.25, -0.2) is 0 Å². The lowest BCUT2D eigenvalue weighted by atomic mass is 10.2. The normalized spacial score (nSPS) is 10.2. The van der Waals surface area contributed by atoms with Gasteiger partial charge in [0.15, 0.2) is 0 Å². The molecule has 0 bridgehead atoms. The molecule has 138 valence electrons. The van der Waals surface area contributed by atoms with Crippen LogP contribution in [-0.4, -0.2) is 19.0 Å². The Hall–Kier alpha value is -3.27. The van der Waals surface area contributed by atoms with Crippen LogP contribution in [0.25, 0.3) is 0 Å². The molecule has 0 radical (unpaired) electrons. The van der Waals surface area contributed by atoms with Gasteiger partial charge in [0, 0.05) is 24.3 Å². The van der Waals surface area contributed by atoms with Gasteiger partial charge < -0.3 is 15.4 Å². The van der Waals surface area contributed by atoms with E-state index in [1.165, 1.54) is 0 Å². The molecule has 1 amide bonds. The summed E-state index contributed by atoms with van der Waals surface area (Å²) in [6, 6.07) is 27.3. The van der Waals surface area contributed by atoms with Gasteiger partial charge in [0.1, 0.15) is 12.4 Å². The van der Waals surface area contributed by atoms with Crippen molar-refractivity contribution in [1.82, 2.24) is 5.32 Å². The van der Waals surface area contributed by atoms with Crippen molar-refractivity contribution in [1.29, 1.82) is 0 Å². The first-order valence-corrected chi connectivity index (χ1v) is 9.15.